The molecular weight excluding hydrogens is 256 g/mol. The first-order valence-corrected chi connectivity index (χ1v) is 7.44. The molecule has 0 aliphatic carbocycles. The van der Waals surface area contributed by atoms with E-state index in [0.717, 1.165) is 27.9 Å². The van der Waals surface area contributed by atoms with Crippen LogP contribution in [0.1, 0.15) is 20.8 Å². The number of thiazole rings is 1. The van der Waals surface area contributed by atoms with Crippen molar-refractivity contribution in [1.29, 1.82) is 0 Å². The average Bonchev–Trinajstić information content (AvgIpc) is 2.86. The largest absolute Gasteiger partial charge is 0.493 e. The number of nitrogens with zero attached hydrogens (tertiary/aromatic N) is 1. The Morgan fingerprint density at radius 3 is 2.84 bits per heavy atom. The Morgan fingerprint density at radius 1 is 1.32 bits per heavy atom. The van der Waals surface area contributed by atoms with Crippen molar-refractivity contribution in [2.75, 3.05) is 18.5 Å². The lowest BCUT2D eigenvalue weighted by atomic mass is 10.2. The number of aromatic nitrogens is 1. The van der Waals surface area contributed by atoms with Gasteiger partial charge < -0.3 is 10.1 Å². The van der Waals surface area contributed by atoms with Crippen molar-refractivity contribution in [3.05, 3.63) is 30.5 Å². The van der Waals surface area contributed by atoms with Crippen LogP contribution in [-0.4, -0.2) is 18.1 Å². The second-order valence-electron chi connectivity index (χ2n) is 4.73. The van der Waals surface area contributed by atoms with E-state index in [4.69, 9.17) is 4.74 Å². The quantitative estimate of drug-likeness (QED) is 0.855. The number of ether oxygens (including phenoxy) is 1. The van der Waals surface area contributed by atoms with Gasteiger partial charge in [0.05, 0.1) is 11.5 Å². The zero-order valence-electron chi connectivity index (χ0n) is 11.6. The van der Waals surface area contributed by atoms with Gasteiger partial charge in [-0.15, -0.1) is 0 Å². The highest BCUT2D eigenvalue weighted by Crippen LogP contribution is 2.35. The molecule has 1 aromatic carbocycles. The van der Waals surface area contributed by atoms with Gasteiger partial charge in [0.2, 0.25) is 0 Å². The molecule has 0 saturated carbocycles. The fraction of sp³-hybridized carbons (Fsp3) is 0.400. The van der Waals surface area contributed by atoms with Gasteiger partial charge in [0.25, 0.3) is 0 Å². The third-order valence-corrected chi connectivity index (χ3v) is 3.61. The average molecular weight is 276 g/mol. The van der Waals surface area contributed by atoms with Crippen molar-refractivity contribution in [1.82, 2.24) is 4.98 Å². The first-order valence-electron chi connectivity index (χ1n) is 6.62. The molecule has 19 heavy (non-hydrogen) atoms. The van der Waals surface area contributed by atoms with E-state index >= 15 is 0 Å². The molecule has 0 aliphatic rings. The van der Waals surface area contributed by atoms with Crippen molar-refractivity contribution in [3.63, 3.8) is 0 Å². The Morgan fingerprint density at radius 2 is 2.11 bits per heavy atom. The molecule has 0 saturated heterocycles. The summed E-state index contributed by atoms with van der Waals surface area (Å²) in [7, 11) is 0. The maximum Gasteiger partial charge on any atom is 0.183 e. The lowest BCUT2D eigenvalue weighted by Gasteiger charge is -2.07. The zero-order chi connectivity index (χ0) is 13.7. The Labute approximate surface area is 118 Å². The van der Waals surface area contributed by atoms with Crippen LogP contribution in [0.25, 0.3) is 10.4 Å². The Balaban J connectivity index is 2.18. The predicted molar refractivity (Wildman–Crippen MR) is 82.0 cm³/mol. The summed E-state index contributed by atoms with van der Waals surface area (Å²) in [6.45, 7) is 7.99. The van der Waals surface area contributed by atoms with Gasteiger partial charge in [0.1, 0.15) is 5.75 Å². The van der Waals surface area contributed by atoms with Crippen LogP contribution in [0.5, 0.6) is 5.75 Å². The molecule has 2 aromatic rings. The Kier molecular flexibility index (Phi) is 4.80. The van der Waals surface area contributed by atoms with E-state index in [1.54, 1.807) is 11.3 Å². The second-order valence-corrected chi connectivity index (χ2v) is 5.76. The van der Waals surface area contributed by atoms with E-state index < -0.39 is 0 Å². The van der Waals surface area contributed by atoms with Gasteiger partial charge in [0, 0.05) is 18.3 Å². The Hall–Kier alpha value is -1.55. The predicted octanol–water partition coefficient (Wildman–Crippen LogP) is 4.28. The van der Waals surface area contributed by atoms with Gasteiger partial charge in [-0.2, -0.15) is 0 Å². The molecule has 2 rings (SSSR count). The molecule has 3 nitrogen and oxygen atoms in total. The lowest BCUT2D eigenvalue weighted by molar-refractivity contribution is 0.341. The highest BCUT2D eigenvalue weighted by Gasteiger charge is 2.09. The molecular formula is C15H20N2OS. The molecule has 0 fully saturated rings. The van der Waals surface area contributed by atoms with Gasteiger partial charge >= 0.3 is 0 Å². The standard InChI is InChI=1S/C15H20N2OS/c1-4-18-13-8-6-5-7-12(13)14-10-17-15(19-14)16-9-11(2)3/h5-8,10-11H,4,9H2,1-3H3,(H,16,17). The summed E-state index contributed by atoms with van der Waals surface area (Å²) in [4.78, 5) is 5.55. The van der Waals surface area contributed by atoms with Gasteiger partial charge in [-0.1, -0.05) is 37.3 Å². The fourth-order valence-electron chi connectivity index (χ4n) is 1.72. The molecule has 1 N–H and O–H groups in total. The summed E-state index contributed by atoms with van der Waals surface area (Å²) in [6, 6.07) is 8.09. The number of nitrogens with one attached hydrogen (secondary N) is 1. The maximum atomic E-state index is 5.66. The van der Waals surface area contributed by atoms with E-state index in [0.29, 0.717) is 12.5 Å². The minimum absolute atomic E-state index is 0.614. The maximum absolute atomic E-state index is 5.66. The molecule has 0 amide bonds. The molecule has 0 unspecified atom stereocenters. The van der Waals surface area contributed by atoms with Gasteiger partial charge in [-0.3, -0.25) is 0 Å². The molecule has 1 aromatic heterocycles. The van der Waals surface area contributed by atoms with E-state index in [9.17, 15) is 0 Å². The van der Waals surface area contributed by atoms with Crippen LogP contribution in [0.4, 0.5) is 5.13 Å². The normalized spacial score (nSPS) is 10.7. The van der Waals surface area contributed by atoms with Crippen molar-refractivity contribution < 1.29 is 4.74 Å². The van der Waals surface area contributed by atoms with E-state index in [1.165, 1.54) is 0 Å². The number of benzene rings is 1. The monoisotopic (exact) mass is 276 g/mol. The number of para-hydroxylation sites is 1. The number of rotatable bonds is 6. The molecule has 0 radical (unpaired) electrons. The summed E-state index contributed by atoms with van der Waals surface area (Å²) in [5.74, 6) is 1.53. The van der Waals surface area contributed by atoms with E-state index in [-0.39, 0.29) is 0 Å². The molecule has 4 heteroatoms. The lowest BCUT2D eigenvalue weighted by Crippen LogP contribution is -2.07. The molecule has 0 aliphatic heterocycles. The second kappa shape index (κ2) is 6.57. The highest BCUT2D eigenvalue weighted by atomic mass is 32.1. The van der Waals surface area contributed by atoms with E-state index in [2.05, 4.69) is 30.2 Å². The van der Waals surface area contributed by atoms with Crippen LogP contribution >= 0.6 is 11.3 Å². The topological polar surface area (TPSA) is 34.1 Å². The molecule has 1 heterocycles. The van der Waals surface area contributed by atoms with Crippen molar-refractivity contribution in [3.8, 4) is 16.2 Å². The van der Waals surface area contributed by atoms with Gasteiger partial charge in [-0.05, 0) is 25.0 Å². The van der Waals surface area contributed by atoms with Crippen molar-refractivity contribution in [2.45, 2.75) is 20.8 Å². The molecule has 0 spiro atoms. The summed E-state index contributed by atoms with van der Waals surface area (Å²) < 4.78 is 5.66. The highest BCUT2D eigenvalue weighted by molar-refractivity contribution is 7.18. The van der Waals surface area contributed by atoms with Crippen molar-refractivity contribution in [2.24, 2.45) is 5.92 Å². The minimum Gasteiger partial charge on any atom is -0.493 e. The number of hydrogen-bond donors (Lipinski definition) is 1. The summed E-state index contributed by atoms with van der Waals surface area (Å²) in [5.41, 5.74) is 1.11. The third-order valence-electron chi connectivity index (χ3n) is 2.62. The zero-order valence-corrected chi connectivity index (χ0v) is 12.5. The smallest absolute Gasteiger partial charge is 0.183 e. The van der Waals surface area contributed by atoms with Crippen LogP contribution in [0.2, 0.25) is 0 Å². The number of hydrogen-bond acceptors (Lipinski definition) is 4. The molecule has 0 atom stereocenters. The summed E-state index contributed by atoms with van der Waals surface area (Å²) in [6.07, 6.45) is 1.91. The first kappa shape index (κ1) is 13.9. The molecule has 0 bridgehead atoms. The van der Waals surface area contributed by atoms with Crippen LogP contribution in [-0.2, 0) is 0 Å². The first-order chi connectivity index (χ1) is 9.20. The van der Waals surface area contributed by atoms with Crippen LogP contribution in [0.3, 0.4) is 0 Å². The number of anilines is 1. The summed E-state index contributed by atoms with van der Waals surface area (Å²) in [5, 5.41) is 4.32. The van der Waals surface area contributed by atoms with Crippen LogP contribution in [0.15, 0.2) is 30.5 Å². The van der Waals surface area contributed by atoms with Crippen molar-refractivity contribution >= 4 is 16.5 Å². The third kappa shape index (κ3) is 3.70. The fourth-order valence-corrected chi connectivity index (χ4v) is 2.58. The van der Waals surface area contributed by atoms with Gasteiger partial charge in [0.15, 0.2) is 5.13 Å². The Bertz CT molecular complexity index is 522. The minimum atomic E-state index is 0.614. The SMILES string of the molecule is CCOc1ccccc1-c1cnc(NCC(C)C)s1. The molecule has 102 valence electrons. The van der Waals surface area contributed by atoms with Gasteiger partial charge in [-0.25, -0.2) is 4.98 Å². The van der Waals surface area contributed by atoms with Crippen LogP contribution < -0.4 is 10.1 Å². The van der Waals surface area contributed by atoms with Crippen LogP contribution in [0, 0.1) is 5.92 Å². The summed E-state index contributed by atoms with van der Waals surface area (Å²) >= 11 is 1.67. The van der Waals surface area contributed by atoms with E-state index in [1.807, 2.05) is 31.3 Å².